The van der Waals surface area contributed by atoms with Crippen molar-refractivity contribution >= 4 is 44.6 Å². The number of nitrogens with zero attached hydrogens (tertiary/aromatic N) is 1. The van der Waals surface area contributed by atoms with Gasteiger partial charge in [-0.25, -0.2) is 0 Å². The molecular formula is C15H10BrNO6. The Labute approximate surface area is 138 Å². The highest BCUT2D eigenvalue weighted by atomic mass is 79.9. The molecule has 0 atom stereocenters. The Hall–Kier alpha value is -2.48. The van der Waals surface area contributed by atoms with Gasteiger partial charge in [-0.2, -0.15) is 0 Å². The van der Waals surface area contributed by atoms with Crippen LogP contribution in [-0.2, 0) is 14.4 Å². The zero-order valence-electron chi connectivity index (χ0n) is 12.1. The fourth-order valence-electron chi connectivity index (χ4n) is 2.59. The van der Waals surface area contributed by atoms with Crippen LogP contribution in [0.15, 0.2) is 28.4 Å². The van der Waals surface area contributed by atoms with Gasteiger partial charge in [-0.1, -0.05) is 22.0 Å². The van der Waals surface area contributed by atoms with Gasteiger partial charge in [0.2, 0.25) is 5.78 Å². The molecule has 0 bridgehead atoms. The molecule has 23 heavy (non-hydrogen) atoms. The number of allylic oxidation sites excluding steroid dienone is 2. The molecule has 0 saturated heterocycles. The molecule has 0 fully saturated rings. The minimum Gasteiger partial charge on any atom is -0.299 e. The van der Waals surface area contributed by atoms with Gasteiger partial charge in [0.05, 0.1) is 10.5 Å². The van der Waals surface area contributed by atoms with Crippen LogP contribution in [0.1, 0.15) is 29.8 Å². The number of fused-ring (bicyclic) bond motifs is 1. The average Bonchev–Trinajstić information content (AvgIpc) is 2.43. The molecule has 7 nitrogen and oxygen atoms in total. The number of carbonyl (C=O) groups is 4. The van der Waals surface area contributed by atoms with E-state index < -0.39 is 39.7 Å². The third-order valence-electron chi connectivity index (χ3n) is 3.48. The summed E-state index contributed by atoms with van der Waals surface area (Å²) in [5, 5.41) is 11.3. The van der Waals surface area contributed by atoms with Crippen molar-refractivity contribution < 1.29 is 24.1 Å². The first-order valence-electron chi connectivity index (χ1n) is 6.45. The van der Waals surface area contributed by atoms with Gasteiger partial charge in [-0.15, -0.1) is 0 Å². The molecule has 118 valence electrons. The lowest BCUT2D eigenvalue weighted by atomic mass is 9.78. The molecule has 2 rings (SSSR count). The van der Waals surface area contributed by atoms with Crippen molar-refractivity contribution in [3.05, 3.63) is 49.6 Å². The molecule has 0 N–H and O–H groups in total. The molecule has 0 amide bonds. The molecule has 0 radical (unpaired) electrons. The van der Waals surface area contributed by atoms with E-state index >= 15 is 0 Å². The highest BCUT2D eigenvalue weighted by Gasteiger charge is 2.45. The standard InChI is InChI=1S/C15H10BrNO6/c1-6(18)11(7(2)19)12-9-4-3-8(16)5-10(9)14(20)15(21)13(12)17(22)23/h3-5,11H,1-2H3. The molecule has 0 saturated carbocycles. The Morgan fingerprint density at radius 2 is 1.65 bits per heavy atom. The number of hydrogen-bond acceptors (Lipinski definition) is 6. The summed E-state index contributed by atoms with van der Waals surface area (Å²) in [5.74, 6) is -5.11. The maximum Gasteiger partial charge on any atom is 0.325 e. The summed E-state index contributed by atoms with van der Waals surface area (Å²) in [6, 6.07) is 4.22. The second-order valence-corrected chi connectivity index (χ2v) is 5.94. The zero-order chi connectivity index (χ0) is 17.5. The van der Waals surface area contributed by atoms with Gasteiger partial charge in [-0.05, 0) is 31.5 Å². The van der Waals surface area contributed by atoms with E-state index in [1.54, 1.807) is 0 Å². The van der Waals surface area contributed by atoms with Crippen molar-refractivity contribution in [1.82, 2.24) is 0 Å². The van der Waals surface area contributed by atoms with Crippen LogP contribution >= 0.6 is 15.9 Å². The first kappa shape index (κ1) is 16.9. The smallest absolute Gasteiger partial charge is 0.299 e. The summed E-state index contributed by atoms with van der Waals surface area (Å²) in [4.78, 5) is 58.2. The average molecular weight is 380 g/mol. The second kappa shape index (κ2) is 5.96. The number of Topliss-reactive ketones (excluding diaryl/α,β-unsaturated/α-hetero) is 4. The van der Waals surface area contributed by atoms with E-state index in [4.69, 9.17) is 0 Å². The fraction of sp³-hybridized carbons (Fsp3) is 0.200. The SMILES string of the molecule is CC(=O)C(C(C)=O)C1=C([N+](=O)[O-])C(=O)C(=O)c2cc(Br)ccc21. The van der Waals surface area contributed by atoms with Crippen molar-refractivity contribution in [2.45, 2.75) is 13.8 Å². The zero-order valence-corrected chi connectivity index (χ0v) is 13.7. The van der Waals surface area contributed by atoms with Crippen LogP contribution in [0.4, 0.5) is 0 Å². The normalized spacial score (nSPS) is 14.1. The molecular weight excluding hydrogens is 370 g/mol. The van der Waals surface area contributed by atoms with Crippen LogP contribution in [0.3, 0.4) is 0 Å². The van der Waals surface area contributed by atoms with E-state index in [9.17, 15) is 29.3 Å². The number of rotatable bonds is 4. The molecule has 0 aromatic heterocycles. The summed E-state index contributed by atoms with van der Waals surface area (Å²) in [6.45, 7) is 2.21. The van der Waals surface area contributed by atoms with Gasteiger partial charge in [0.25, 0.3) is 0 Å². The molecule has 1 aliphatic carbocycles. The third kappa shape index (κ3) is 2.77. The molecule has 1 aromatic carbocycles. The highest BCUT2D eigenvalue weighted by Crippen LogP contribution is 2.37. The quantitative estimate of drug-likeness (QED) is 0.342. The topological polar surface area (TPSA) is 111 Å². The van der Waals surface area contributed by atoms with Gasteiger partial charge in [0, 0.05) is 10.0 Å². The van der Waals surface area contributed by atoms with E-state index in [1.807, 2.05) is 0 Å². The van der Waals surface area contributed by atoms with Crippen molar-refractivity contribution in [2.75, 3.05) is 0 Å². The van der Waals surface area contributed by atoms with Gasteiger partial charge >= 0.3 is 11.5 Å². The summed E-state index contributed by atoms with van der Waals surface area (Å²) in [6.07, 6.45) is 0. The first-order valence-corrected chi connectivity index (χ1v) is 7.24. The minimum atomic E-state index is -1.47. The number of halogens is 1. The molecule has 1 aliphatic rings. The first-order chi connectivity index (χ1) is 10.7. The van der Waals surface area contributed by atoms with E-state index in [2.05, 4.69) is 15.9 Å². The van der Waals surface area contributed by atoms with E-state index in [0.717, 1.165) is 13.8 Å². The van der Waals surface area contributed by atoms with Crippen LogP contribution in [0, 0.1) is 16.0 Å². The molecule has 0 unspecified atom stereocenters. The Balaban J connectivity index is 2.93. The fourth-order valence-corrected chi connectivity index (χ4v) is 2.95. The number of carbonyl (C=O) groups excluding carboxylic acids is 4. The molecule has 1 aromatic rings. The Morgan fingerprint density at radius 3 is 2.13 bits per heavy atom. The lowest BCUT2D eigenvalue weighted by Crippen LogP contribution is -2.33. The summed E-state index contributed by atoms with van der Waals surface area (Å²) < 4.78 is 0.489. The molecule has 8 heteroatoms. The molecule has 0 heterocycles. The van der Waals surface area contributed by atoms with E-state index in [0.29, 0.717) is 4.47 Å². The van der Waals surface area contributed by atoms with E-state index in [-0.39, 0.29) is 16.7 Å². The predicted molar refractivity (Wildman–Crippen MR) is 82.2 cm³/mol. The van der Waals surface area contributed by atoms with Crippen molar-refractivity contribution in [1.29, 1.82) is 0 Å². The predicted octanol–water partition coefficient (Wildman–Crippen LogP) is 2.00. The highest BCUT2D eigenvalue weighted by molar-refractivity contribution is 9.10. The Bertz CT molecular complexity index is 809. The van der Waals surface area contributed by atoms with Crippen molar-refractivity contribution in [3.63, 3.8) is 0 Å². The second-order valence-electron chi connectivity index (χ2n) is 5.02. The number of ketones is 4. The van der Waals surface area contributed by atoms with Crippen LogP contribution in [0.2, 0.25) is 0 Å². The Morgan fingerprint density at radius 1 is 1.09 bits per heavy atom. The summed E-state index contributed by atoms with van der Waals surface area (Å²) in [7, 11) is 0. The monoisotopic (exact) mass is 379 g/mol. The van der Waals surface area contributed by atoms with E-state index in [1.165, 1.54) is 18.2 Å². The van der Waals surface area contributed by atoms with Crippen molar-refractivity contribution in [2.24, 2.45) is 5.92 Å². The summed E-state index contributed by atoms with van der Waals surface area (Å²) >= 11 is 3.15. The number of hydrogen-bond donors (Lipinski definition) is 0. The van der Waals surface area contributed by atoms with Crippen LogP contribution in [-0.4, -0.2) is 28.1 Å². The van der Waals surface area contributed by atoms with Gasteiger partial charge in [-0.3, -0.25) is 29.3 Å². The van der Waals surface area contributed by atoms with Gasteiger partial charge in [0.15, 0.2) is 0 Å². The number of nitro groups is 1. The van der Waals surface area contributed by atoms with Crippen LogP contribution < -0.4 is 0 Å². The third-order valence-corrected chi connectivity index (χ3v) is 3.97. The van der Waals surface area contributed by atoms with Gasteiger partial charge < -0.3 is 0 Å². The Kier molecular flexibility index (Phi) is 4.37. The molecule has 0 spiro atoms. The maximum atomic E-state index is 12.1. The summed E-state index contributed by atoms with van der Waals surface area (Å²) in [5.41, 5.74) is -1.35. The van der Waals surface area contributed by atoms with Gasteiger partial charge in [0.1, 0.15) is 17.5 Å². The largest absolute Gasteiger partial charge is 0.325 e. The lowest BCUT2D eigenvalue weighted by Gasteiger charge is -2.21. The number of benzene rings is 1. The van der Waals surface area contributed by atoms with Crippen molar-refractivity contribution in [3.8, 4) is 0 Å². The lowest BCUT2D eigenvalue weighted by molar-refractivity contribution is -0.417. The molecule has 0 aliphatic heterocycles. The van der Waals surface area contributed by atoms with Crippen LogP contribution in [0.5, 0.6) is 0 Å². The van der Waals surface area contributed by atoms with Crippen LogP contribution in [0.25, 0.3) is 5.57 Å². The minimum absolute atomic E-state index is 0.0555. The maximum absolute atomic E-state index is 12.1.